The Hall–Kier alpha value is -2.11. The molecule has 1 aliphatic rings. The molecule has 27 heavy (non-hydrogen) atoms. The third kappa shape index (κ3) is 5.21. The average Bonchev–Trinajstić information content (AvgIpc) is 2.69. The zero-order valence-corrected chi connectivity index (χ0v) is 16.2. The van der Waals surface area contributed by atoms with Crippen molar-refractivity contribution in [3.8, 4) is 5.75 Å². The van der Waals surface area contributed by atoms with Crippen molar-refractivity contribution in [2.75, 3.05) is 33.3 Å². The lowest BCUT2D eigenvalue weighted by molar-refractivity contribution is -0.133. The van der Waals surface area contributed by atoms with E-state index in [0.717, 1.165) is 30.0 Å². The molecule has 0 atom stereocenters. The molecule has 6 heteroatoms. The van der Waals surface area contributed by atoms with Crippen LogP contribution in [0.25, 0.3) is 0 Å². The SMILES string of the molecule is COc1ccccc1CCC(=O)N1CCN(Cc2ccc(F)cc2Cl)CC1. The molecule has 0 aromatic heterocycles. The Kier molecular flexibility index (Phi) is 6.69. The van der Waals surface area contributed by atoms with Gasteiger partial charge in [0.25, 0.3) is 0 Å². The predicted molar refractivity (Wildman–Crippen MR) is 105 cm³/mol. The van der Waals surface area contributed by atoms with E-state index in [1.165, 1.54) is 12.1 Å². The summed E-state index contributed by atoms with van der Waals surface area (Å²) in [6.45, 7) is 3.64. The molecule has 4 nitrogen and oxygen atoms in total. The summed E-state index contributed by atoms with van der Waals surface area (Å²) in [6, 6.07) is 12.3. The van der Waals surface area contributed by atoms with Gasteiger partial charge in [-0.05, 0) is 35.7 Å². The molecule has 0 radical (unpaired) electrons. The zero-order valence-electron chi connectivity index (χ0n) is 15.5. The van der Waals surface area contributed by atoms with Crippen LogP contribution in [0.1, 0.15) is 17.5 Å². The van der Waals surface area contributed by atoms with Crippen LogP contribution in [0.4, 0.5) is 4.39 Å². The summed E-state index contributed by atoms with van der Waals surface area (Å²) in [5, 5.41) is 0.449. The maximum absolute atomic E-state index is 13.2. The number of benzene rings is 2. The van der Waals surface area contributed by atoms with Crippen molar-refractivity contribution in [3.63, 3.8) is 0 Å². The summed E-state index contributed by atoms with van der Waals surface area (Å²) < 4.78 is 18.5. The van der Waals surface area contributed by atoms with Gasteiger partial charge in [0, 0.05) is 44.2 Å². The smallest absolute Gasteiger partial charge is 0.222 e. The highest BCUT2D eigenvalue weighted by Crippen LogP contribution is 2.21. The second kappa shape index (κ2) is 9.20. The second-order valence-corrected chi connectivity index (χ2v) is 7.11. The number of carbonyl (C=O) groups is 1. The van der Waals surface area contributed by atoms with Crippen LogP contribution >= 0.6 is 11.6 Å². The van der Waals surface area contributed by atoms with Gasteiger partial charge in [-0.15, -0.1) is 0 Å². The van der Waals surface area contributed by atoms with Crippen molar-refractivity contribution in [1.82, 2.24) is 9.80 Å². The van der Waals surface area contributed by atoms with E-state index in [0.29, 0.717) is 37.5 Å². The van der Waals surface area contributed by atoms with Crippen LogP contribution < -0.4 is 4.74 Å². The molecule has 0 N–H and O–H groups in total. The Morgan fingerprint density at radius 3 is 2.56 bits per heavy atom. The first-order chi connectivity index (χ1) is 13.1. The van der Waals surface area contributed by atoms with Gasteiger partial charge in [0.2, 0.25) is 5.91 Å². The molecule has 3 rings (SSSR count). The van der Waals surface area contributed by atoms with E-state index >= 15 is 0 Å². The second-order valence-electron chi connectivity index (χ2n) is 6.70. The fraction of sp³-hybridized carbons (Fsp3) is 0.381. The lowest BCUT2D eigenvalue weighted by atomic mass is 10.1. The van der Waals surface area contributed by atoms with E-state index in [2.05, 4.69) is 4.90 Å². The quantitative estimate of drug-likeness (QED) is 0.752. The molecule has 0 unspecified atom stereocenters. The number of rotatable bonds is 6. The average molecular weight is 391 g/mol. The van der Waals surface area contributed by atoms with Crippen molar-refractivity contribution in [2.24, 2.45) is 0 Å². The Morgan fingerprint density at radius 1 is 1.11 bits per heavy atom. The Bertz CT molecular complexity index is 792. The lowest BCUT2D eigenvalue weighted by Gasteiger charge is -2.35. The van der Waals surface area contributed by atoms with Crippen molar-refractivity contribution in [2.45, 2.75) is 19.4 Å². The van der Waals surface area contributed by atoms with Crippen LogP contribution in [-0.4, -0.2) is 49.0 Å². The van der Waals surface area contributed by atoms with Gasteiger partial charge >= 0.3 is 0 Å². The van der Waals surface area contributed by atoms with Gasteiger partial charge in [0.15, 0.2) is 0 Å². The Balaban J connectivity index is 1.47. The van der Waals surface area contributed by atoms with Crippen molar-refractivity contribution in [1.29, 1.82) is 0 Å². The number of carbonyl (C=O) groups excluding carboxylic acids is 1. The van der Waals surface area contributed by atoms with Crippen molar-refractivity contribution >= 4 is 17.5 Å². The van der Waals surface area contributed by atoms with E-state index in [1.807, 2.05) is 29.2 Å². The molecule has 1 fully saturated rings. The first-order valence-corrected chi connectivity index (χ1v) is 9.50. The maximum Gasteiger partial charge on any atom is 0.222 e. The first kappa shape index (κ1) is 19.6. The third-order valence-corrected chi connectivity index (χ3v) is 5.29. The van der Waals surface area contributed by atoms with Crippen molar-refractivity contribution in [3.05, 3.63) is 64.4 Å². The summed E-state index contributed by atoms with van der Waals surface area (Å²) in [5.41, 5.74) is 1.96. The third-order valence-electron chi connectivity index (χ3n) is 4.93. The fourth-order valence-corrected chi connectivity index (χ4v) is 3.58. The largest absolute Gasteiger partial charge is 0.496 e. The minimum absolute atomic E-state index is 0.167. The zero-order chi connectivity index (χ0) is 19.2. The van der Waals surface area contributed by atoms with Crippen LogP contribution in [0.5, 0.6) is 5.75 Å². The number of piperazine rings is 1. The van der Waals surface area contributed by atoms with Crippen LogP contribution in [-0.2, 0) is 17.8 Å². The maximum atomic E-state index is 13.2. The molecule has 0 spiro atoms. The number of para-hydroxylation sites is 1. The van der Waals surface area contributed by atoms with Crippen LogP contribution in [0.15, 0.2) is 42.5 Å². The summed E-state index contributed by atoms with van der Waals surface area (Å²) >= 11 is 6.11. The van der Waals surface area contributed by atoms with Crippen LogP contribution in [0.3, 0.4) is 0 Å². The summed E-state index contributed by atoms with van der Waals surface area (Å²) in [6.07, 6.45) is 1.15. The number of amides is 1. The van der Waals surface area contributed by atoms with Gasteiger partial charge in [0.1, 0.15) is 11.6 Å². The van der Waals surface area contributed by atoms with E-state index < -0.39 is 0 Å². The predicted octanol–water partition coefficient (Wildman–Crippen LogP) is 3.76. The minimum atomic E-state index is -0.325. The molecular formula is C21H24ClFN2O2. The van der Waals surface area contributed by atoms with Crippen LogP contribution in [0.2, 0.25) is 5.02 Å². The number of methoxy groups -OCH3 is 1. The number of halogens is 2. The number of hydrogen-bond acceptors (Lipinski definition) is 3. The fourth-order valence-electron chi connectivity index (χ4n) is 3.36. The number of hydrogen-bond donors (Lipinski definition) is 0. The topological polar surface area (TPSA) is 32.8 Å². The molecular weight excluding hydrogens is 367 g/mol. The molecule has 1 heterocycles. The Labute approximate surface area is 164 Å². The van der Waals surface area contributed by atoms with Gasteiger partial charge in [-0.2, -0.15) is 0 Å². The molecule has 0 saturated carbocycles. The number of nitrogens with zero attached hydrogens (tertiary/aromatic N) is 2. The van der Waals surface area contributed by atoms with E-state index in [-0.39, 0.29) is 11.7 Å². The molecule has 0 bridgehead atoms. The standard InChI is InChI=1S/C21H24ClFN2O2/c1-27-20-5-3-2-4-16(20)7-9-21(26)25-12-10-24(11-13-25)15-17-6-8-18(23)14-19(17)22/h2-6,8,14H,7,9-13,15H2,1H3. The summed E-state index contributed by atoms with van der Waals surface area (Å²) in [7, 11) is 1.65. The molecule has 2 aromatic rings. The molecule has 1 amide bonds. The van der Waals surface area contributed by atoms with E-state index in [9.17, 15) is 9.18 Å². The van der Waals surface area contributed by atoms with Crippen LogP contribution in [0, 0.1) is 5.82 Å². The molecule has 1 saturated heterocycles. The highest BCUT2D eigenvalue weighted by Gasteiger charge is 2.21. The van der Waals surface area contributed by atoms with Gasteiger partial charge in [-0.3, -0.25) is 9.69 Å². The van der Waals surface area contributed by atoms with E-state index in [1.54, 1.807) is 13.2 Å². The Morgan fingerprint density at radius 2 is 1.85 bits per heavy atom. The summed E-state index contributed by atoms with van der Waals surface area (Å²) in [4.78, 5) is 16.7. The lowest BCUT2D eigenvalue weighted by Crippen LogP contribution is -2.48. The number of aryl methyl sites for hydroxylation is 1. The van der Waals surface area contributed by atoms with Crippen molar-refractivity contribution < 1.29 is 13.9 Å². The highest BCUT2D eigenvalue weighted by atomic mass is 35.5. The highest BCUT2D eigenvalue weighted by molar-refractivity contribution is 6.31. The van der Waals surface area contributed by atoms with Gasteiger partial charge < -0.3 is 9.64 Å². The van der Waals surface area contributed by atoms with Gasteiger partial charge in [0.05, 0.1) is 7.11 Å². The van der Waals surface area contributed by atoms with Gasteiger partial charge in [-0.1, -0.05) is 35.9 Å². The van der Waals surface area contributed by atoms with E-state index in [4.69, 9.17) is 16.3 Å². The van der Waals surface area contributed by atoms with Gasteiger partial charge in [-0.25, -0.2) is 4.39 Å². The normalized spacial score (nSPS) is 15.0. The molecule has 1 aliphatic heterocycles. The number of ether oxygens (including phenoxy) is 1. The molecule has 144 valence electrons. The first-order valence-electron chi connectivity index (χ1n) is 9.13. The molecule has 2 aromatic carbocycles. The molecule has 0 aliphatic carbocycles. The summed E-state index contributed by atoms with van der Waals surface area (Å²) in [5.74, 6) is 0.667. The monoisotopic (exact) mass is 390 g/mol. The minimum Gasteiger partial charge on any atom is -0.496 e.